The van der Waals surface area contributed by atoms with Crippen LogP contribution in [0, 0.1) is 5.82 Å². The molecule has 0 aliphatic carbocycles. The van der Waals surface area contributed by atoms with Gasteiger partial charge in [0.25, 0.3) is 0 Å². The Kier molecular flexibility index (Phi) is 3.22. The maximum atomic E-state index is 12.8. The number of halogens is 1. The molecule has 2 aromatic rings. The fraction of sp³-hybridized carbons (Fsp3) is 0.167. The first kappa shape index (κ1) is 10.7. The highest BCUT2D eigenvalue weighted by molar-refractivity contribution is 5.22. The zero-order chi connectivity index (χ0) is 11.4. The van der Waals surface area contributed by atoms with Gasteiger partial charge in [0.1, 0.15) is 23.9 Å². The van der Waals surface area contributed by atoms with Crippen LogP contribution >= 0.6 is 0 Å². The quantitative estimate of drug-likeness (QED) is 0.862. The Labute approximate surface area is 92.6 Å². The molecule has 0 bridgehead atoms. The molecule has 0 spiro atoms. The van der Waals surface area contributed by atoms with Gasteiger partial charge < -0.3 is 14.9 Å². The van der Waals surface area contributed by atoms with Crippen LogP contribution in [0.4, 0.5) is 4.39 Å². The minimum absolute atomic E-state index is 0.267. The molecule has 2 rings (SSSR count). The summed E-state index contributed by atoms with van der Waals surface area (Å²) in [6.45, 7) is 0.701. The van der Waals surface area contributed by atoms with Gasteiger partial charge in [0.15, 0.2) is 0 Å². The number of hydrogen-bond donors (Lipinski definition) is 1. The Morgan fingerprint density at radius 2 is 2.19 bits per heavy atom. The van der Waals surface area contributed by atoms with Gasteiger partial charge in [0.2, 0.25) is 0 Å². The van der Waals surface area contributed by atoms with Gasteiger partial charge in [0.05, 0.1) is 6.26 Å². The van der Waals surface area contributed by atoms with E-state index in [1.54, 1.807) is 18.4 Å². The Morgan fingerprint density at radius 3 is 2.88 bits per heavy atom. The fourth-order valence-electron chi connectivity index (χ4n) is 1.32. The molecule has 84 valence electrons. The minimum atomic E-state index is -0.320. The zero-order valence-electron chi connectivity index (χ0n) is 8.65. The van der Waals surface area contributed by atoms with E-state index in [0.29, 0.717) is 18.1 Å². The highest BCUT2D eigenvalue weighted by Crippen LogP contribution is 2.15. The SMILES string of the molecule is NCc1coc(COc2cccc(F)c2)c1. The maximum absolute atomic E-state index is 12.8. The molecule has 0 unspecified atom stereocenters. The van der Waals surface area contributed by atoms with Crippen molar-refractivity contribution in [3.8, 4) is 5.75 Å². The number of nitrogens with two attached hydrogens (primary N) is 1. The molecule has 0 fully saturated rings. The summed E-state index contributed by atoms with van der Waals surface area (Å²) < 4.78 is 23.4. The average molecular weight is 221 g/mol. The van der Waals surface area contributed by atoms with Crippen LogP contribution < -0.4 is 10.5 Å². The van der Waals surface area contributed by atoms with E-state index < -0.39 is 0 Å². The van der Waals surface area contributed by atoms with Crippen LogP contribution in [0.15, 0.2) is 41.0 Å². The first-order chi connectivity index (χ1) is 7.78. The Bertz CT molecular complexity index is 468. The summed E-state index contributed by atoms with van der Waals surface area (Å²) in [6, 6.07) is 7.80. The third kappa shape index (κ3) is 2.61. The van der Waals surface area contributed by atoms with Gasteiger partial charge in [-0.25, -0.2) is 4.39 Å². The smallest absolute Gasteiger partial charge is 0.146 e. The molecule has 2 N–H and O–H groups in total. The van der Waals surface area contributed by atoms with Crippen molar-refractivity contribution in [1.29, 1.82) is 0 Å². The molecule has 0 aliphatic heterocycles. The maximum Gasteiger partial charge on any atom is 0.146 e. The van der Waals surface area contributed by atoms with Gasteiger partial charge in [-0.1, -0.05) is 6.07 Å². The molecule has 0 radical (unpaired) electrons. The monoisotopic (exact) mass is 221 g/mol. The first-order valence-electron chi connectivity index (χ1n) is 4.92. The molecule has 1 aromatic carbocycles. The molecule has 0 saturated carbocycles. The highest BCUT2D eigenvalue weighted by atomic mass is 19.1. The summed E-state index contributed by atoms with van der Waals surface area (Å²) in [7, 11) is 0. The fourth-order valence-corrected chi connectivity index (χ4v) is 1.32. The molecule has 0 amide bonds. The van der Waals surface area contributed by atoms with Crippen LogP contribution in [-0.2, 0) is 13.2 Å². The lowest BCUT2D eigenvalue weighted by molar-refractivity contribution is 0.269. The average Bonchev–Trinajstić information content (AvgIpc) is 2.74. The van der Waals surface area contributed by atoms with Gasteiger partial charge >= 0.3 is 0 Å². The number of furan rings is 1. The molecule has 1 aromatic heterocycles. The van der Waals surface area contributed by atoms with E-state index in [4.69, 9.17) is 14.9 Å². The van der Waals surface area contributed by atoms with Gasteiger partial charge in [-0.2, -0.15) is 0 Å². The molecule has 4 heteroatoms. The van der Waals surface area contributed by atoms with Crippen molar-refractivity contribution < 1.29 is 13.5 Å². The van der Waals surface area contributed by atoms with E-state index in [9.17, 15) is 4.39 Å². The summed E-state index contributed by atoms with van der Waals surface area (Å²) in [4.78, 5) is 0. The second-order valence-corrected chi connectivity index (χ2v) is 3.37. The number of benzene rings is 1. The summed E-state index contributed by atoms with van der Waals surface area (Å²) in [5.41, 5.74) is 6.35. The molecule has 0 aliphatic rings. The predicted molar refractivity (Wildman–Crippen MR) is 57.3 cm³/mol. The molecule has 0 atom stereocenters. The normalized spacial score (nSPS) is 10.4. The lowest BCUT2D eigenvalue weighted by atomic mass is 10.3. The van der Waals surface area contributed by atoms with Crippen LogP contribution in [0.2, 0.25) is 0 Å². The van der Waals surface area contributed by atoms with Crippen molar-refractivity contribution in [3.05, 3.63) is 53.7 Å². The molecule has 0 saturated heterocycles. The van der Waals surface area contributed by atoms with Crippen molar-refractivity contribution in [2.75, 3.05) is 0 Å². The van der Waals surface area contributed by atoms with Gasteiger partial charge in [-0.05, 0) is 18.2 Å². The minimum Gasteiger partial charge on any atom is -0.486 e. The largest absolute Gasteiger partial charge is 0.486 e. The lowest BCUT2D eigenvalue weighted by Gasteiger charge is -2.03. The van der Waals surface area contributed by atoms with E-state index in [1.807, 2.05) is 6.07 Å². The lowest BCUT2D eigenvalue weighted by Crippen LogP contribution is -1.95. The third-order valence-electron chi connectivity index (χ3n) is 2.12. The molecular weight excluding hydrogens is 209 g/mol. The zero-order valence-corrected chi connectivity index (χ0v) is 8.65. The predicted octanol–water partition coefficient (Wildman–Crippen LogP) is 2.46. The van der Waals surface area contributed by atoms with Crippen molar-refractivity contribution in [3.63, 3.8) is 0 Å². The standard InChI is InChI=1S/C12H12FNO2/c13-10-2-1-3-11(5-10)16-8-12-4-9(6-14)7-15-12/h1-5,7H,6,8,14H2. The summed E-state index contributed by atoms with van der Waals surface area (Å²) in [5, 5.41) is 0. The highest BCUT2D eigenvalue weighted by Gasteiger charge is 2.02. The summed E-state index contributed by atoms with van der Waals surface area (Å²) in [5.74, 6) is 0.829. The van der Waals surface area contributed by atoms with Crippen molar-refractivity contribution in [1.82, 2.24) is 0 Å². The van der Waals surface area contributed by atoms with Crippen molar-refractivity contribution >= 4 is 0 Å². The van der Waals surface area contributed by atoms with Crippen LogP contribution in [0.1, 0.15) is 11.3 Å². The molecule has 1 heterocycles. The van der Waals surface area contributed by atoms with E-state index in [2.05, 4.69) is 0 Å². The second kappa shape index (κ2) is 4.81. The van der Waals surface area contributed by atoms with Gasteiger partial charge in [0, 0.05) is 18.2 Å². The Morgan fingerprint density at radius 1 is 1.31 bits per heavy atom. The number of ether oxygens (including phenoxy) is 1. The number of rotatable bonds is 4. The van der Waals surface area contributed by atoms with Crippen LogP contribution in [0.25, 0.3) is 0 Å². The summed E-state index contributed by atoms with van der Waals surface area (Å²) in [6.07, 6.45) is 1.59. The Hall–Kier alpha value is -1.81. The van der Waals surface area contributed by atoms with E-state index in [0.717, 1.165) is 5.56 Å². The molecule has 3 nitrogen and oxygen atoms in total. The van der Waals surface area contributed by atoms with Crippen molar-refractivity contribution in [2.45, 2.75) is 13.2 Å². The second-order valence-electron chi connectivity index (χ2n) is 3.37. The van der Waals surface area contributed by atoms with Crippen LogP contribution in [0.5, 0.6) is 5.75 Å². The number of hydrogen-bond acceptors (Lipinski definition) is 3. The van der Waals surface area contributed by atoms with Gasteiger partial charge in [-0.15, -0.1) is 0 Å². The van der Waals surface area contributed by atoms with E-state index in [1.165, 1.54) is 12.1 Å². The third-order valence-corrected chi connectivity index (χ3v) is 2.12. The summed E-state index contributed by atoms with van der Waals surface area (Å²) >= 11 is 0. The van der Waals surface area contributed by atoms with Crippen LogP contribution in [-0.4, -0.2) is 0 Å². The Balaban J connectivity index is 1.96. The topological polar surface area (TPSA) is 48.4 Å². The van der Waals surface area contributed by atoms with E-state index in [-0.39, 0.29) is 12.4 Å². The molecule has 16 heavy (non-hydrogen) atoms. The van der Waals surface area contributed by atoms with Crippen molar-refractivity contribution in [2.24, 2.45) is 5.73 Å². The van der Waals surface area contributed by atoms with E-state index >= 15 is 0 Å². The van der Waals surface area contributed by atoms with Gasteiger partial charge in [-0.3, -0.25) is 0 Å². The van der Waals surface area contributed by atoms with Crippen LogP contribution in [0.3, 0.4) is 0 Å². The first-order valence-corrected chi connectivity index (χ1v) is 4.92. The molecular formula is C12H12FNO2.